The van der Waals surface area contributed by atoms with Gasteiger partial charge in [-0.05, 0) is 11.2 Å². The summed E-state index contributed by atoms with van der Waals surface area (Å²) in [4.78, 5) is 0. The summed E-state index contributed by atoms with van der Waals surface area (Å²) in [6.45, 7) is 0. The molecule has 0 aliphatic rings. The van der Waals surface area contributed by atoms with Crippen LogP contribution < -0.4 is 0 Å². The van der Waals surface area contributed by atoms with Crippen molar-refractivity contribution in [1.29, 1.82) is 0 Å². The molecule has 0 amide bonds. The minimum Gasteiger partial charge on any atom is -0.256 e. The van der Waals surface area contributed by atoms with Crippen LogP contribution in [0.5, 0.6) is 0 Å². The van der Waals surface area contributed by atoms with Crippen LogP contribution in [0, 0.1) is 0 Å². The molecule has 0 radical (unpaired) electrons. The van der Waals surface area contributed by atoms with E-state index in [1.807, 2.05) is 0 Å². The molecule has 0 aliphatic heterocycles. The van der Waals surface area contributed by atoms with Gasteiger partial charge >= 0.3 is 0 Å². The molecule has 0 saturated heterocycles. The van der Waals surface area contributed by atoms with Crippen molar-refractivity contribution in [2.24, 2.45) is 0 Å². The summed E-state index contributed by atoms with van der Waals surface area (Å²) in [5.74, 6) is 0. The van der Waals surface area contributed by atoms with E-state index in [0.29, 0.717) is 0 Å². The Morgan fingerprint density at radius 2 is 0.889 bits per heavy atom. The highest BCUT2D eigenvalue weighted by atomic mass is 35.7. The molecule has 0 aromatic rings. The second-order valence-electron chi connectivity index (χ2n) is 0.0690. The molecule has 1 atom stereocenters. The average molecular weight is 299 g/mol. The fraction of sp³-hybridized carbons (Fsp3) is 0. The van der Waals surface area contributed by atoms with Crippen molar-refractivity contribution < 1.29 is 4.57 Å². The van der Waals surface area contributed by atoms with Gasteiger partial charge in [0.15, 0.2) is 0 Å². The predicted octanol–water partition coefficient (Wildman–Crippen LogP) is 3.60. The van der Waals surface area contributed by atoms with Gasteiger partial charge in [0.25, 0.3) is 7.81 Å². The number of rotatable bonds is 0. The Labute approximate surface area is 95.1 Å². The van der Waals surface area contributed by atoms with E-state index in [1.54, 1.807) is 0 Å². The molecule has 0 aromatic carbocycles. The minimum atomic E-state index is -0.361. The van der Waals surface area contributed by atoms with E-state index >= 15 is 0 Å². The highest BCUT2D eigenvalue weighted by Gasteiger charge is 1.33. The molecule has 0 N–H and O–H groups in total. The average Bonchev–Trinajstić information content (AvgIpc) is 0.918. The van der Waals surface area contributed by atoms with Crippen molar-refractivity contribution in [3.8, 4) is 0 Å². The minimum absolute atomic E-state index is 0. The third-order valence-corrected chi connectivity index (χ3v) is 0. The van der Waals surface area contributed by atoms with E-state index < -0.39 is 0 Å². The maximum absolute atomic E-state index is 8.67. The van der Waals surface area contributed by atoms with Crippen molar-refractivity contribution >= 4 is 91.0 Å². The summed E-state index contributed by atoms with van der Waals surface area (Å²) in [5, 5.41) is 0. The first kappa shape index (κ1) is 65.2. The monoisotopic (exact) mass is 296 g/mol. The van der Waals surface area contributed by atoms with Crippen LogP contribution in [0.25, 0.3) is 0 Å². The smallest absolute Gasteiger partial charge is 0.256 e. The van der Waals surface area contributed by atoms with Gasteiger partial charge in [-0.2, -0.15) is 9.90 Å². The first-order valence-electron chi connectivity index (χ1n) is 0.352. The lowest BCUT2D eigenvalue weighted by Crippen LogP contribution is -0.706. The van der Waals surface area contributed by atoms with Crippen LogP contribution >= 0.6 is 91.0 Å². The molecule has 0 spiro atoms. The van der Waals surface area contributed by atoms with E-state index in [1.165, 1.54) is 0 Å². The Bertz CT molecular complexity index is 18.5. The third kappa shape index (κ3) is 136. The Kier molecular flexibility index (Phi) is 598. The van der Waals surface area contributed by atoms with Crippen molar-refractivity contribution in [2.45, 2.75) is 0 Å². The first-order chi connectivity index (χ1) is 1.41. The number of halogens is 6. The van der Waals surface area contributed by atoms with Gasteiger partial charge in [-0.1, -0.05) is 0 Å². The predicted molar refractivity (Wildman–Crippen MR) is 60.8 cm³/mol. The maximum Gasteiger partial charge on any atom is 0.267 e. The van der Waals surface area contributed by atoms with Crippen molar-refractivity contribution in [3.63, 3.8) is 0 Å². The van der Waals surface area contributed by atoms with Crippen molar-refractivity contribution in [3.05, 3.63) is 0 Å². The molecule has 1 nitrogen and oxygen atoms in total. The fourth-order valence-corrected chi connectivity index (χ4v) is 0. The molecular formula is H8Cl6OP2. The molecule has 0 heterocycles. The summed E-state index contributed by atoms with van der Waals surface area (Å²) in [6.07, 6.45) is 0. The molecule has 9 heavy (non-hydrogen) atoms. The summed E-state index contributed by atoms with van der Waals surface area (Å²) in [5.41, 5.74) is 0. The normalized spacial score (nSPS) is 2.33. The Morgan fingerprint density at radius 3 is 0.889 bits per heavy atom. The SMILES string of the molecule is Cl.Cl.Cl.Cl.Cl.O=PCl.P. The Balaban J connectivity index is -0.00000000133. The molecule has 0 saturated carbocycles. The second-order valence-corrected chi connectivity index (χ2v) is 0.621. The summed E-state index contributed by atoms with van der Waals surface area (Å²) < 4.78 is 8.67. The summed E-state index contributed by atoms with van der Waals surface area (Å²) in [6, 6.07) is 0. The molecule has 9 heteroatoms. The van der Waals surface area contributed by atoms with E-state index in [9.17, 15) is 0 Å². The highest BCUT2D eigenvalue weighted by molar-refractivity contribution is 7.57. The molecular weight excluding hydrogens is 291 g/mol. The van der Waals surface area contributed by atoms with Gasteiger partial charge in [0, 0.05) is 0 Å². The van der Waals surface area contributed by atoms with Crippen molar-refractivity contribution in [2.75, 3.05) is 0 Å². The maximum atomic E-state index is 8.67. The van der Waals surface area contributed by atoms with E-state index in [4.69, 9.17) is 4.57 Å². The highest BCUT2D eigenvalue weighted by Crippen LogP contribution is 1.92. The van der Waals surface area contributed by atoms with Gasteiger partial charge in [0.2, 0.25) is 0 Å². The van der Waals surface area contributed by atoms with E-state index in [-0.39, 0.29) is 79.7 Å². The lowest BCUT2D eigenvalue weighted by Gasteiger charge is -1.16. The van der Waals surface area contributed by atoms with Gasteiger partial charge in [-0.15, -0.1) is 62.0 Å². The zero-order chi connectivity index (χ0) is 2.71. The standard InChI is InChI=1S/ClOP.5ClH.H3P/c1-3-2;;;;;;/h;5*1H;1H3. The topological polar surface area (TPSA) is 17.1 Å². The zero-order valence-corrected chi connectivity index (χ0v) is 11.1. The lowest BCUT2D eigenvalue weighted by atomic mass is 16.0. The molecule has 0 rings (SSSR count). The zero-order valence-electron chi connectivity index (χ0n) is 3.98. The van der Waals surface area contributed by atoms with Crippen LogP contribution in [0.3, 0.4) is 0 Å². The van der Waals surface area contributed by atoms with Crippen LogP contribution in [-0.4, -0.2) is 0 Å². The molecule has 66 valence electrons. The van der Waals surface area contributed by atoms with Gasteiger partial charge in [0.1, 0.15) is 0 Å². The summed E-state index contributed by atoms with van der Waals surface area (Å²) >= 11 is 4.42. The van der Waals surface area contributed by atoms with Gasteiger partial charge < -0.3 is 0 Å². The van der Waals surface area contributed by atoms with E-state index in [0.717, 1.165) is 0 Å². The van der Waals surface area contributed by atoms with Crippen LogP contribution in [0.2, 0.25) is 0 Å². The first-order valence-corrected chi connectivity index (χ1v) is 2.07. The third-order valence-electron chi connectivity index (χ3n) is 0. The molecule has 1 unspecified atom stereocenters. The Morgan fingerprint density at radius 1 is 0.889 bits per heavy atom. The second kappa shape index (κ2) is 82.5. The Hall–Kier alpha value is 2.27. The van der Waals surface area contributed by atoms with Crippen LogP contribution in [0.15, 0.2) is 0 Å². The quantitative estimate of drug-likeness (QED) is 0.625. The molecule has 0 bridgehead atoms. The van der Waals surface area contributed by atoms with Crippen molar-refractivity contribution in [1.82, 2.24) is 0 Å². The molecule has 0 aliphatic carbocycles. The largest absolute Gasteiger partial charge is 0.267 e. The number of hydrogen-bond acceptors (Lipinski definition) is 1. The molecule has 0 aromatic heterocycles. The molecule has 0 fully saturated rings. The number of hydrogen-bond donors (Lipinski definition) is 0. The van der Waals surface area contributed by atoms with E-state index in [2.05, 4.69) is 11.2 Å². The fourth-order valence-electron chi connectivity index (χ4n) is 0. The van der Waals surface area contributed by atoms with Crippen LogP contribution in [0.1, 0.15) is 0 Å². The van der Waals surface area contributed by atoms with Crippen LogP contribution in [0.4, 0.5) is 0 Å². The van der Waals surface area contributed by atoms with Gasteiger partial charge in [0.05, 0.1) is 0 Å². The summed E-state index contributed by atoms with van der Waals surface area (Å²) in [7, 11) is -0.361. The van der Waals surface area contributed by atoms with Gasteiger partial charge in [-0.25, -0.2) is 0 Å². The lowest BCUT2D eigenvalue weighted by molar-refractivity contribution is 0.605. The van der Waals surface area contributed by atoms with Crippen LogP contribution in [-0.2, 0) is 4.57 Å². The van der Waals surface area contributed by atoms with Gasteiger partial charge in [-0.3, -0.25) is 4.57 Å².